The number of aromatic nitrogens is 3. The molecule has 2 aliphatic carbocycles. The summed E-state index contributed by atoms with van der Waals surface area (Å²) < 4.78 is 0. The van der Waals surface area contributed by atoms with Crippen LogP contribution in [0.1, 0.15) is 31.4 Å². The maximum Gasteiger partial charge on any atom is 0.169 e. The monoisotopic (exact) mass is 519 g/mol. The van der Waals surface area contributed by atoms with Crippen LogP contribution in [0.3, 0.4) is 0 Å². The van der Waals surface area contributed by atoms with Crippen LogP contribution >= 0.6 is 0 Å². The Balaban J connectivity index is 0.986. The van der Waals surface area contributed by atoms with E-state index in [0.29, 0.717) is 29.2 Å². The molecule has 3 saturated heterocycles. The van der Waals surface area contributed by atoms with Crippen LogP contribution in [0.4, 0.5) is 17.2 Å². The summed E-state index contributed by atoms with van der Waals surface area (Å²) >= 11 is 0. The van der Waals surface area contributed by atoms with Crippen molar-refractivity contribution < 1.29 is 5.11 Å². The average Bonchev–Trinajstić information content (AvgIpc) is 3.46. The minimum atomic E-state index is 0.188. The normalized spacial score (nSPS) is 30.3. The summed E-state index contributed by atoms with van der Waals surface area (Å²) in [6.45, 7) is 3.82. The van der Waals surface area contributed by atoms with Gasteiger partial charge in [-0.25, -0.2) is 4.98 Å². The van der Waals surface area contributed by atoms with Gasteiger partial charge in [-0.05, 0) is 79.7 Å². The van der Waals surface area contributed by atoms with Crippen LogP contribution in [-0.4, -0.2) is 69.5 Å². The van der Waals surface area contributed by atoms with Gasteiger partial charge >= 0.3 is 0 Å². The summed E-state index contributed by atoms with van der Waals surface area (Å²) in [5.74, 6) is 10.4. The number of nitrogens with two attached hydrogens (primary N) is 1. The number of piperidine rings is 1. The van der Waals surface area contributed by atoms with E-state index in [-0.39, 0.29) is 5.75 Å². The Labute approximate surface area is 228 Å². The molecule has 2 aromatic heterocycles. The maximum absolute atomic E-state index is 10.3. The zero-order valence-corrected chi connectivity index (χ0v) is 21.9. The zero-order chi connectivity index (χ0) is 26.1. The number of anilines is 3. The molecule has 8 heteroatoms. The summed E-state index contributed by atoms with van der Waals surface area (Å²) in [7, 11) is 0. The quantitative estimate of drug-likeness (QED) is 0.507. The number of pyridine rings is 1. The van der Waals surface area contributed by atoms with E-state index in [1.165, 1.54) is 25.1 Å². The van der Waals surface area contributed by atoms with Crippen LogP contribution in [0.25, 0.3) is 11.3 Å². The molecule has 3 aromatic rings. The first-order valence-electron chi connectivity index (χ1n) is 14.3. The van der Waals surface area contributed by atoms with Gasteiger partial charge in [0.25, 0.3) is 0 Å². The summed E-state index contributed by atoms with van der Waals surface area (Å²) in [6.07, 6.45) is 7.03. The molecule has 0 amide bonds. The first kappa shape index (κ1) is 23.1. The maximum atomic E-state index is 10.3. The number of likely N-dealkylation sites (tertiary alicyclic amines) is 1. The highest BCUT2D eigenvalue weighted by Crippen LogP contribution is 2.60. The Morgan fingerprint density at radius 1 is 0.974 bits per heavy atom. The van der Waals surface area contributed by atoms with E-state index in [9.17, 15) is 5.11 Å². The lowest BCUT2D eigenvalue weighted by Gasteiger charge is -2.43. The van der Waals surface area contributed by atoms with E-state index in [1.807, 2.05) is 24.4 Å². The van der Waals surface area contributed by atoms with Gasteiger partial charge in [-0.1, -0.05) is 18.1 Å². The number of phenolic OH excluding ortho intramolecular Hbond substituents is 1. The van der Waals surface area contributed by atoms with Gasteiger partial charge in [-0.15, -0.1) is 10.2 Å². The molecule has 198 valence electrons. The van der Waals surface area contributed by atoms with Crippen molar-refractivity contribution in [1.29, 1.82) is 0 Å². The fraction of sp³-hybridized carbons (Fsp3) is 0.452. The highest BCUT2D eigenvalue weighted by Gasteiger charge is 2.60. The molecule has 3 unspecified atom stereocenters. The molecule has 3 aliphatic heterocycles. The summed E-state index contributed by atoms with van der Waals surface area (Å²) in [4.78, 5) is 12.1. The number of nitrogen functional groups attached to an aromatic ring is 1. The first-order chi connectivity index (χ1) is 19.1. The van der Waals surface area contributed by atoms with Crippen LogP contribution in [0.5, 0.6) is 5.75 Å². The highest BCUT2D eigenvalue weighted by atomic mass is 16.3. The van der Waals surface area contributed by atoms with Gasteiger partial charge in [0.15, 0.2) is 5.82 Å². The predicted octanol–water partition coefficient (Wildman–Crippen LogP) is 3.38. The third-order valence-corrected chi connectivity index (χ3v) is 9.82. The molecule has 39 heavy (non-hydrogen) atoms. The van der Waals surface area contributed by atoms with Crippen molar-refractivity contribution in [1.82, 2.24) is 20.1 Å². The molecule has 8 nitrogen and oxygen atoms in total. The Morgan fingerprint density at radius 3 is 2.62 bits per heavy atom. The van der Waals surface area contributed by atoms with Gasteiger partial charge in [0, 0.05) is 55.2 Å². The minimum Gasteiger partial charge on any atom is -0.507 e. The van der Waals surface area contributed by atoms with E-state index < -0.39 is 0 Å². The van der Waals surface area contributed by atoms with Gasteiger partial charge in [0.05, 0.1) is 17.9 Å². The number of aromatic hydroxyl groups is 1. The minimum absolute atomic E-state index is 0.188. The van der Waals surface area contributed by atoms with Crippen molar-refractivity contribution in [2.45, 2.75) is 43.8 Å². The predicted molar refractivity (Wildman–Crippen MR) is 151 cm³/mol. The molecular weight excluding hydrogens is 486 g/mol. The lowest BCUT2D eigenvalue weighted by molar-refractivity contribution is 0.228. The molecule has 0 radical (unpaired) electrons. The van der Waals surface area contributed by atoms with Crippen molar-refractivity contribution in [2.75, 3.05) is 41.7 Å². The van der Waals surface area contributed by atoms with Crippen molar-refractivity contribution in [3.8, 4) is 28.8 Å². The zero-order valence-electron chi connectivity index (χ0n) is 21.9. The molecular formula is C31H33N7O. The number of piperazine rings is 1. The fourth-order valence-electron chi connectivity index (χ4n) is 8.00. The molecule has 4 bridgehead atoms. The molecule has 3 N–H and O–H groups in total. The topological polar surface area (TPSA) is 94.6 Å². The standard InChI is InChI=1S/C31H33N7O/c32-31-29(15-27(34-35-31)24-5-1-2-6-30(24)39)37-17-22-7-8-23(18-37)38(22)21-9-10-33-20(13-21)4-3-11-36-16-19-12-28(36)26-14-25(19)26/h1-2,5-6,9-10,13,15,19,22-23,25-26,28,39H,7-8,11-12,14,16-18H2,(H2,32,35)/t19-,22?,23?,25-,26?,28-/m0/s1. The van der Waals surface area contributed by atoms with Crippen molar-refractivity contribution in [3.05, 3.63) is 54.4 Å². The number of rotatable bonds is 4. The summed E-state index contributed by atoms with van der Waals surface area (Å²) in [5, 5.41) is 18.8. The van der Waals surface area contributed by atoms with E-state index in [2.05, 4.69) is 53.9 Å². The number of phenols is 1. The second-order valence-electron chi connectivity index (χ2n) is 12.0. The smallest absolute Gasteiger partial charge is 0.169 e. The number of fused-ring (bicyclic) bond motifs is 7. The molecule has 5 fully saturated rings. The van der Waals surface area contributed by atoms with Gasteiger partial charge < -0.3 is 20.6 Å². The molecule has 8 rings (SSSR count). The van der Waals surface area contributed by atoms with E-state index in [0.717, 1.165) is 67.7 Å². The molecule has 0 spiro atoms. The highest BCUT2D eigenvalue weighted by molar-refractivity contribution is 5.74. The Morgan fingerprint density at radius 2 is 1.82 bits per heavy atom. The van der Waals surface area contributed by atoms with Gasteiger partial charge in [0.1, 0.15) is 11.4 Å². The van der Waals surface area contributed by atoms with E-state index in [4.69, 9.17) is 5.73 Å². The summed E-state index contributed by atoms with van der Waals surface area (Å²) in [5.41, 5.74) is 10.6. The second kappa shape index (κ2) is 8.85. The first-order valence-corrected chi connectivity index (χ1v) is 14.3. The third kappa shape index (κ3) is 3.90. The molecule has 5 heterocycles. The fourth-order valence-corrected chi connectivity index (χ4v) is 8.00. The van der Waals surface area contributed by atoms with Crippen LogP contribution in [0.15, 0.2) is 48.7 Å². The largest absolute Gasteiger partial charge is 0.507 e. The summed E-state index contributed by atoms with van der Waals surface area (Å²) in [6, 6.07) is 15.0. The number of para-hydroxylation sites is 1. The third-order valence-electron chi connectivity index (χ3n) is 9.82. The number of benzene rings is 1. The molecule has 2 saturated carbocycles. The van der Waals surface area contributed by atoms with Crippen LogP contribution < -0.4 is 15.5 Å². The molecule has 5 aliphatic rings. The van der Waals surface area contributed by atoms with Crippen molar-refractivity contribution >= 4 is 17.2 Å². The Hall–Kier alpha value is -3.83. The second-order valence-corrected chi connectivity index (χ2v) is 12.0. The lowest BCUT2D eigenvalue weighted by atomic mass is 10.1. The van der Waals surface area contributed by atoms with Gasteiger partial charge in [-0.3, -0.25) is 4.90 Å². The number of nitrogens with zero attached hydrogens (tertiary/aromatic N) is 6. The Kier molecular flexibility index (Phi) is 5.24. The number of hydrogen-bond donors (Lipinski definition) is 2. The average molecular weight is 520 g/mol. The molecule has 6 atom stereocenters. The van der Waals surface area contributed by atoms with Crippen LogP contribution in [-0.2, 0) is 0 Å². The molecule has 1 aromatic carbocycles. The van der Waals surface area contributed by atoms with Crippen molar-refractivity contribution in [3.63, 3.8) is 0 Å². The van der Waals surface area contributed by atoms with Gasteiger partial charge in [-0.2, -0.15) is 0 Å². The van der Waals surface area contributed by atoms with Crippen LogP contribution in [0.2, 0.25) is 0 Å². The van der Waals surface area contributed by atoms with E-state index >= 15 is 0 Å². The van der Waals surface area contributed by atoms with Crippen LogP contribution in [0, 0.1) is 29.6 Å². The van der Waals surface area contributed by atoms with Gasteiger partial charge in [0.2, 0.25) is 0 Å². The lowest BCUT2D eigenvalue weighted by Crippen LogP contribution is -2.54. The Bertz CT molecular complexity index is 1480. The SMILES string of the molecule is Nc1nnc(-c2ccccc2O)cc1N1CC2CCC(C1)N2c1ccnc(C#CCN2C[C@@H]3C[C@H]2C2C[C@H]23)c1. The van der Waals surface area contributed by atoms with Crippen molar-refractivity contribution in [2.24, 2.45) is 17.8 Å². The van der Waals surface area contributed by atoms with E-state index in [1.54, 1.807) is 12.1 Å². The number of hydrogen-bond acceptors (Lipinski definition) is 8.